The van der Waals surface area contributed by atoms with E-state index in [4.69, 9.17) is 5.21 Å². The average Bonchev–Trinajstić information content (AvgIpc) is 2.44. The van der Waals surface area contributed by atoms with Gasteiger partial charge in [0.15, 0.2) is 0 Å². The molecule has 3 nitrogen and oxygen atoms in total. The summed E-state index contributed by atoms with van der Waals surface area (Å²) in [6.45, 7) is 0. The number of nitrogens with one attached hydrogen (secondary N) is 1. The van der Waals surface area contributed by atoms with E-state index in [1.165, 1.54) is 0 Å². The molecule has 2 N–H and O–H groups in total. The van der Waals surface area contributed by atoms with E-state index in [1.54, 1.807) is 5.48 Å². The molecule has 0 aromatic heterocycles. The summed E-state index contributed by atoms with van der Waals surface area (Å²) < 4.78 is 0. The van der Waals surface area contributed by atoms with Crippen molar-refractivity contribution in [1.82, 2.24) is 5.48 Å². The number of hydrogen-bond acceptors (Lipinski definition) is 2. The Balaban J connectivity index is 2.53. The molecule has 0 aliphatic heterocycles. The monoisotopic (exact) mass is 237 g/mol. The number of fused-ring (bicyclic) bond motifs is 2. The smallest absolute Gasteiger partial charge is 0.275 e. The van der Waals surface area contributed by atoms with Gasteiger partial charge in [0, 0.05) is 0 Å². The van der Waals surface area contributed by atoms with Gasteiger partial charge in [0.05, 0.1) is 5.56 Å². The molecule has 3 heteroatoms. The first-order chi connectivity index (χ1) is 8.81. The lowest BCUT2D eigenvalue weighted by Crippen LogP contribution is -2.19. The van der Waals surface area contributed by atoms with Crippen LogP contribution in [0.1, 0.15) is 10.4 Å². The molecule has 0 unspecified atom stereocenters. The molecule has 0 saturated carbocycles. The molecule has 0 fully saturated rings. The van der Waals surface area contributed by atoms with Crippen LogP contribution in [0.4, 0.5) is 0 Å². The fourth-order valence-electron chi connectivity index (χ4n) is 2.31. The summed E-state index contributed by atoms with van der Waals surface area (Å²) in [7, 11) is 0. The maximum atomic E-state index is 11.9. The second-order valence-electron chi connectivity index (χ2n) is 4.13. The van der Waals surface area contributed by atoms with Crippen molar-refractivity contribution in [3.05, 3.63) is 60.2 Å². The zero-order valence-corrected chi connectivity index (χ0v) is 9.55. The van der Waals surface area contributed by atoms with Gasteiger partial charge in [-0.15, -0.1) is 0 Å². The lowest BCUT2D eigenvalue weighted by atomic mass is 9.96. The van der Waals surface area contributed by atoms with E-state index in [0.29, 0.717) is 5.56 Å². The van der Waals surface area contributed by atoms with Crippen LogP contribution in [0.15, 0.2) is 54.6 Å². The van der Waals surface area contributed by atoms with E-state index in [0.717, 1.165) is 21.5 Å². The molecular weight excluding hydrogens is 226 g/mol. The number of hydrogen-bond donors (Lipinski definition) is 2. The highest BCUT2D eigenvalue weighted by Gasteiger charge is 2.13. The van der Waals surface area contributed by atoms with Crippen molar-refractivity contribution < 1.29 is 10.0 Å². The Morgan fingerprint density at radius 3 is 1.89 bits per heavy atom. The third kappa shape index (κ3) is 1.53. The van der Waals surface area contributed by atoms with Crippen LogP contribution in [-0.4, -0.2) is 11.1 Å². The van der Waals surface area contributed by atoms with Crippen LogP contribution in [0.25, 0.3) is 21.5 Å². The summed E-state index contributed by atoms with van der Waals surface area (Å²) in [5, 5.41) is 12.5. The predicted molar refractivity (Wildman–Crippen MR) is 70.7 cm³/mol. The van der Waals surface area contributed by atoms with Crippen molar-refractivity contribution in [2.45, 2.75) is 0 Å². The van der Waals surface area contributed by atoms with Crippen LogP contribution < -0.4 is 5.48 Å². The lowest BCUT2D eigenvalue weighted by Gasteiger charge is -2.09. The van der Waals surface area contributed by atoms with E-state index in [1.807, 2.05) is 54.6 Å². The fraction of sp³-hybridized carbons (Fsp3) is 0. The number of amides is 1. The highest BCUT2D eigenvalue weighted by atomic mass is 16.5. The van der Waals surface area contributed by atoms with Crippen molar-refractivity contribution in [3.63, 3.8) is 0 Å². The molecular formula is C15H11NO2. The van der Waals surface area contributed by atoms with Gasteiger partial charge in [0.2, 0.25) is 0 Å². The van der Waals surface area contributed by atoms with Crippen LogP contribution in [0, 0.1) is 0 Å². The van der Waals surface area contributed by atoms with Gasteiger partial charge in [-0.25, -0.2) is 5.48 Å². The first-order valence-corrected chi connectivity index (χ1v) is 5.66. The van der Waals surface area contributed by atoms with Gasteiger partial charge in [-0.3, -0.25) is 10.0 Å². The molecule has 88 valence electrons. The van der Waals surface area contributed by atoms with Gasteiger partial charge in [-0.1, -0.05) is 48.5 Å². The Hall–Kier alpha value is -2.39. The fourth-order valence-corrected chi connectivity index (χ4v) is 2.31. The molecule has 0 aliphatic rings. The standard InChI is InChI=1S/C15H11NO2/c17-15(16-18)14-12-7-3-1-5-10(12)9-11-6-2-4-8-13(11)14/h1-9,18H,(H,16,17). The van der Waals surface area contributed by atoms with E-state index in [-0.39, 0.29) is 0 Å². The molecule has 0 saturated heterocycles. The minimum Gasteiger partial charge on any atom is -0.288 e. The van der Waals surface area contributed by atoms with Crippen LogP contribution >= 0.6 is 0 Å². The van der Waals surface area contributed by atoms with Gasteiger partial charge in [0.1, 0.15) is 0 Å². The van der Waals surface area contributed by atoms with Crippen molar-refractivity contribution >= 4 is 27.5 Å². The van der Waals surface area contributed by atoms with Gasteiger partial charge in [0.25, 0.3) is 5.91 Å². The quantitative estimate of drug-likeness (QED) is 0.388. The van der Waals surface area contributed by atoms with Crippen LogP contribution in [-0.2, 0) is 0 Å². The molecule has 0 spiro atoms. The SMILES string of the molecule is O=C(NO)c1c2ccccc2cc2ccccc12. The van der Waals surface area contributed by atoms with Gasteiger partial charge >= 0.3 is 0 Å². The lowest BCUT2D eigenvalue weighted by molar-refractivity contribution is 0.0710. The first kappa shape index (κ1) is 10.7. The summed E-state index contributed by atoms with van der Waals surface area (Å²) in [5.41, 5.74) is 2.23. The molecule has 18 heavy (non-hydrogen) atoms. The Bertz CT molecular complexity index is 696. The number of hydroxylamine groups is 1. The maximum Gasteiger partial charge on any atom is 0.275 e. The molecule has 3 aromatic rings. The molecule has 0 aliphatic carbocycles. The van der Waals surface area contributed by atoms with Crippen molar-refractivity contribution in [2.24, 2.45) is 0 Å². The summed E-state index contributed by atoms with van der Waals surface area (Å²) >= 11 is 0. The normalized spacial score (nSPS) is 10.7. The minimum atomic E-state index is -0.483. The zero-order chi connectivity index (χ0) is 12.5. The molecule has 0 bridgehead atoms. The number of carbonyl (C=O) groups excluding carboxylic acids is 1. The van der Waals surface area contributed by atoms with Crippen molar-refractivity contribution in [1.29, 1.82) is 0 Å². The first-order valence-electron chi connectivity index (χ1n) is 5.66. The van der Waals surface area contributed by atoms with Crippen LogP contribution in [0.2, 0.25) is 0 Å². The average molecular weight is 237 g/mol. The molecule has 0 radical (unpaired) electrons. The van der Waals surface area contributed by atoms with E-state index >= 15 is 0 Å². The van der Waals surface area contributed by atoms with Crippen LogP contribution in [0.3, 0.4) is 0 Å². The van der Waals surface area contributed by atoms with E-state index < -0.39 is 5.91 Å². The van der Waals surface area contributed by atoms with Crippen LogP contribution in [0.5, 0.6) is 0 Å². The zero-order valence-electron chi connectivity index (χ0n) is 9.55. The molecule has 3 aromatic carbocycles. The van der Waals surface area contributed by atoms with E-state index in [9.17, 15) is 4.79 Å². The Kier molecular flexibility index (Phi) is 2.46. The highest BCUT2D eigenvalue weighted by molar-refractivity contribution is 6.17. The third-order valence-corrected chi connectivity index (χ3v) is 3.10. The predicted octanol–water partition coefficient (Wildman–Crippen LogP) is 3.11. The second kappa shape index (κ2) is 4.13. The number of carbonyl (C=O) groups is 1. The second-order valence-corrected chi connectivity index (χ2v) is 4.13. The Morgan fingerprint density at radius 1 is 0.889 bits per heavy atom. The van der Waals surface area contributed by atoms with E-state index in [2.05, 4.69) is 0 Å². The molecule has 3 rings (SSSR count). The summed E-state index contributed by atoms with van der Waals surface area (Å²) in [6, 6.07) is 17.3. The Labute approximate surface area is 104 Å². The summed E-state index contributed by atoms with van der Waals surface area (Å²) in [6.07, 6.45) is 0. The molecule has 1 amide bonds. The topological polar surface area (TPSA) is 49.3 Å². The largest absolute Gasteiger partial charge is 0.288 e. The Morgan fingerprint density at radius 2 is 1.39 bits per heavy atom. The molecule has 0 atom stereocenters. The summed E-state index contributed by atoms with van der Waals surface area (Å²) in [5.74, 6) is -0.483. The van der Waals surface area contributed by atoms with Gasteiger partial charge in [-0.2, -0.15) is 0 Å². The third-order valence-electron chi connectivity index (χ3n) is 3.10. The number of rotatable bonds is 1. The highest BCUT2D eigenvalue weighted by Crippen LogP contribution is 2.28. The summed E-state index contributed by atoms with van der Waals surface area (Å²) in [4.78, 5) is 11.9. The van der Waals surface area contributed by atoms with Crippen molar-refractivity contribution in [3.8, 4) is 0 Å². The minimum absolute atomic E-state index is 0.483. The van der Waals surface area contributed by atoms with Crippen molar-refractivity contribution in [2.75, 3.05) is 0 Å². The van der Waals surface area contributed by atoms with Gasteiger partial charge < -0.3 is 0 Å². The van der Waals surface area contributed by atoms with Gasteiger partial charge in [-0.05, 0) is 27.6 Å². The number of benzene rings is 3. The molecule has 0 heterocycles. The maximum absolute atomic E-state index is 11.9.